The van der Waals surface area contributed by atoms with Crippen molar-refractivity contribution in [2.75, 3.05) is 0 Å². The lowest BCUT2D eigenvalue weighted by molar-refractivity contribution is 0.195. The molecule has 0 spiro atoms. The summed E-state index contributed by atoms with van der Waals surface area (Å²) in [6, 6.07) is 8.48. The molecule has 13 heavy (non-hydrogen) atoms. The maximum Gasteiger partial charge on any atom is 0.0552 e. The van der Waals surface area contributed by atoms with Gasteiger partial charge in [-0.15, -0.1) is 11.3 Å². The average Bonchev–Trinajstić information content (AvgIpc) is 2.49. The first kappa shape index (κ1) is 8.73. The first-order chi connectivity index (χ1) is 6.25. The summed E-state index contributed by atoms with van der Waals surface area (Å²) in [5.41, 5.74) is 1.21. The topological polar surface area (TPSA) is 20.2 Å². The standard InChI is InChI=1S/C11H12OS/c1-8(12)6-9-2-3-11-10(7-9)4-5-13-11/h2-5,7-8,12H,6H2,1H3/t8-/m0/s1. The Morgan fingerprint density at radius 3 is 3.00 bits per heavy atom. The number of aliphatic hydroxyl groups is 1. The normalized spacial score (nSPS) is 13.4. The van der Waals surface area contributed by atoms with Crippen LogP contribution in [0.25, 0.3) is 10.1 Å². The van der Waals surface area contributed by atoms with Gasteiger partial charge < -0.3 is 5.11 Å². The minimum atomic E-state index is -0.254. The van der Waals surface area contributed by atoms with Gasteiger partial charge in [0, 0.05) is 4.70 Å². The fraction of sp³-hybridized carbons (Fsp3) is 0.273. The minimum absolute atomic E-state index is 0.254. The van der Waals surface area contributed by atoms with Crippen LogP contribution < -0.4 is 0 Å². The van der Waals surface area contributed by atoms with Crippen LogP contribution in [0, 0.1) is 0 Å². The monoisotopic (exact) mass is 192 g/mol. The van der Waals surface area contributed by atoms with Crippen LogP contribution in [0.2, 0.25) is 0 Å². The van der Waals surface area contributed by atoms with Crippen LogP contribution in [-0.4, -0.2) is 11.2 Å². The molecule has 0 fully saturated rings. The van der Waals surface area contributed by atoms with E-state index in [1.807, 2.05) is 6.92 Å². The Kier molecular flexibility index (Phi) is 2.34. The molecule has 1 heterocycles. The van der Waals surface area contributed by atoms with E-state index < -0.39 is 0 Å². The number of aliphatic hydroxyl groups excluding tert-OH is 1. The summed E-state index contributed by atoms with van der Waals surface area (Å²) in [6.45, 7) is 1.82. The minimum Gasteiger partial charge on any atom is -0.393 e. The summed E-state index contributed by atoms with van der Waals surface area (Å²) in [7, 11) is 0. The highest BCUT2D eigenvalue weighted by Crippen LogP contribution is 2.22. The fourth-order valence-electron chi connectivity index (χ4n) is 1.48. The van der Waals surface area contributed by atoms with Crippen molar-refractivity contribution in [2.24, 2.45) is 0 Å². The smallest absolute Gasteiger partial charge is 0.0552 e. The lowest BCUT2D eigenvalue weighted by atomic mass is 10.1. The van der Waals surface area contributed by atoms with Crippen molar-refractivity contribution in [3.05, 3.63) is 35.2 Å². The summed E-state index contributed by atoms with van der Waals surface area (Å²) in [5, 5.41) is 12.6. The molecular weight excluding hydrogens is 180 g/mol. The highest BCUT2D eigenvalue weighted by molar-refractivity contribution is 7.17. The summed E-state index contributed by atoms with van der Waals surface area (Å²) in [6.07, 6.45) is 0.488. The molecule has 1 aromatic carbocycles. The number of fused-ring (bicyclic) bond motifs is 1. The first-order valence-corrected chi connectivity index (χ1v) is 5.28. The molecule has 1 N–H and O–H groups in total. The van der Waals surface area contributed by atoms with E-state index in [1.165, 1.54) is 15.6 Å². The molecule has 0 amide bonds. The molecule has 0 unspecified atom stereocenters. The van der Waals surface area contributed by atoms with Crippen LogP contribution >= 0.6 is 11.3 Å². The predicted octanol–water partition coefficient (Wildman–Crippen LogP) is 2.82. The number of benzene rings is 1. The Balaban J connectivity index is 2.37. The van der Waals surface area contributed by atoms with Crippen LogP contribution in [0.3, 0.4) is 0 Å². The fourth-order valence-corrected chi connectivity index (χ4v) is 2.26. The Morgan fingerprint density at radius 1 is 1.38 bits per heavy atom. The molecule has 1 aromatic heterocycles. The molecular formula is C11H12OS. The zero-order valence-corrected chi connectivity index (χ0v) is 8.34. The predicted molar refractivity (Wildman–Crippen MR) is 57.2 cm³/mol. The second kappa shape index (κ2) is 3.48. The van der Waals surface area contributed by atoms with Gasteiger partial charge in [-0.1, -0.05) is 12.1 Å². The van der Waals surface area contributed by atoms with Gasteiger partial charge in [-0.2, -0.15) is 0 Å². The van der Waals surface area contributed by atoms with Gasteiger partial charge in [0.05, 0.1) is 6.10 Å². The molecule has 0 aliphatic heterocycles. The van der Waals surface area contributed by atoms with Crippen molar-refractivity contribution >= 4 is 21.4 Å². The number of hydrogen-bond acceptors (Lipinski definition) is 2. The van der Waals surface area contributed by atoms with E-state index >= 15 is 0 Å². The summed E-state index contributed by atoms with van der Waals surface area (Å²) in [4.78, 5) is 0. The van der Waals surface area contributed by atoms with E-state index in [0.717, 1.165) is 6.42 Å². The van der Waals surface area contributed by atoms with E-state index in [-0.39, 0.29) is 6.10 Å². The molecule has 0 saturated heterocycles. The number of rotatable bonds is 2. The lowest BCUT2D eigenvalue weighted by Crippen LogP contribution is -2.03. The summed E-state index contributed by atoms with van der Waals surface area (Å²) >= 11 is 1.75. The van der Waals surface area contributed by atoms with E-state index in [4.69, 9.17) is 0 Å². The van der Waals surface area contributed by atoms with E-state index in [1.54, 1.807) is 11.3 Å². The zero-order valence-electron chi connectivity index (χ0n) is 7.53. The molecule has 0 bridgehead atoms. The van der Waals surface area contributed by atoms with Crippen LogP contribution in [0.15, 0.2) is 29.6 Å². The third-order valence-corrected chi connectivity index (χ3v) is 2.95. The molecule has 1 nitrogen and oxygen atoms in total. The Morgan fingerprint density at radius 2 is 2.23 bits per heavy atom. The largest absolute Gasteiger partial charge is 0.393 e. The van der Waals surface area contributed by atoms with E-state index in [9.17, 15) is 5.11 Å². The second-order valence-electron chi connectivity index (χ2n) is 3.35. The first-order valence-electron chi connectivity index (χ1n) is 4.40. The SMILES string of the molecule is C[C@H](O)Cc1ccc2sccc2c1. The van der Waals surface area contributed by atoms with Crippen molar-refractivity contribution in [1.82, 2.24) is 0 Å². The van der Waals surface area contributed by atoms with Gasteiger partial charge in [0.1, 0.15) is 0 Å². The molecule has 2 aromatic rings. The van der Waals surface area contributed by atoms with Crippen LogP contribution in [-0.2, 0) is 6.42 Å². The van der Waals surface area contributed by atoms with Crippen LogP contribution in [0.5, 0.6) is 0 Å². The molecule has 68 valence electrons. The molecule has 0 radical (unpaired) electrons. The van der Waals surface area contributed by atoms with Gasteiger partial charge >= 0.3 is 0 Å². The van der Waals surface area contributed by atoms with Crippen LogP contribution in [0.4, 0.5) is 0 Å². The average molecular weight is 192 g/mol. The van der Waals surface area contributed by atoms with Gasteiger partial charge in [-0.25, -0.2) is 0 Å². The second-order valence-corrected chi connectivity index (χ2v) is 4.29. The van der Waals surface area contributed by atoms with Crippen LogP contribution in [0.1, 0.15) is 12.5 Å². The van der Waals surface area contributed by atoms with E-state index in [0.29, 0.717) is 0 Å². The molecule has 1 atom stereocenters. The number of hydrogen-bond donors (Lipinski definition) is 1. The van der Waals surface area contributed by atoms with Gasteiger partial charge in [0.15, 0.2) is 0 Å². The molecule has 0 saturated carbocycles. The van der Waals surface area contributed by atoms with Crippen molar-refractivity contribution in [3.63, 3.8) is 0 Å². The Labute approximate surface area is 81.6 Å². The third kappa shape index (κ3) is 1.90. The Bertz CT molecular complexity index is 403. The van der Waals surface area contributed by atoms with Gasteiger partial charge in [-0.3, -0.25) is 0 Å². The van der Waals surface area contributed by atoms with Gasteiger partial charge in [0.25, 0.3) is 0 Å². The molecule has 0 aliphatic carbocycles. The quantitative estimate of drug-likeness (QED) is 0.775. The highest BCUT2D eigenvalue weighted by atomic mass is 32.1. The van der Waals surface area contributed by atoms with Crippen molar-refractivity contribution in [1.29, 1.82) is 0 Å². The highest BCUT2D eigenvalue weighted by Gasteiger charge is 2.00. The van der Waals surface area contributed by atoms with E-state index in [2.05, 4.69) is 29.6 Å². The van der Waals surface area contributed by atoms with Crippen molar-refractivity contribution < 1.29 is 5.11 Å². The zero-order chi connectivity index (χ0) is 9.26. The lowest BCUT2D eigenvalue weighted by Gasteiger charge is -2.03. The number of thiophene rings is 1. The van der Waals surface area contributed by atoms with Crippen molar-refractivity contribution in [3.8, 4) is 0 Å². The molecule has 2 rings (SSSR count). The van der Waals surface area contributed by atoms with Crippen molar-refractivity contribution in [2.45, 2.75) is 19.4 Å². The van der Waals surface area contributed by atoms with Gasteiger partial charge in [-0.05, 0) is 41.8 Å². The van der Waals surface area contributed by atoms with Gasteiger partial charge in [0.2, 0.25) is 0 Å². The summed E-state index contributed by atoms with van der Waals surface area (Å²) in [5.74, 6) is 0. The maximum absolute atomic E-state index is 9.23. The maximum atomic E-state index is 9.23. The molecule has 2 heteroatoms. The molecule has 0 aliphatic rings. The summed E-state index contributed by atoms with van der Waals surface area (Å²) < 4.78 is 1.31. The third-order valence-electron chi connectivity index (χ3n) is 2.05. The Hall–Kier alpha value is -0.860.